The molecule has 0 saturated carbocycles. The van der Waals surface area contributed by atoms with E-state index in [-0.39, 0.29) is 0 Å². The Morgan fingerprint density at radius 2 is 1.90 bits per heavy atom. The van der Waals surface area contributed by atoms with Gasteiger partial charge in [0.1, 0.15) is 0 Å². The number of nitrogens with zero attached hydrogens (tertiary/aromatic N) is 2. The molecule has 1 aliphatic rings. The van der Waals surface area contributed by atoms with E-state index >= 15 is 0 Å². The third-order valence-corrected chi connectivity index (χ3v) is 5.66. The Morgan fingerprint density at radius 1 is 1.17 bits per heavy atom. The number of carbonyl (C=O) groups excluding carboxylic acids is 1. The molecule has 2 N–H and O–H groups in total. The first kappa shape index (κ1) is 22.0. The number of benzene rings is 1. The number of rotatable bonds is 6. The van der Waals surface area contributed by atoms with Gasteiger partial charge < -0.3 is 15.0 Å². The van der Waals surface area contributed by atoms with Crippen molar-refractivity contribution in [3.63, 3.8) is 0 Å². The van der Waals surface area contributed by atoms with Crippen molar-refractivity contribution < 1.29 is 31.1 Å². The fourth-order valence-corrected chi connectivity index (χ4v) is 3.83. The maximum absolute atomic E-state index is 12.8. The van der Waals surface area contributed by atoms with E-state index in [1.165, 1.54) is 0 Å². The third-order valence-electron chi connectivity index (χ3n) is 4.27. The molecule has 1 aliphatic heterocycles. The van der Waals surface area contributed by atoms with E-state index in [1.807, 2.05) is 9.62 Å². The van der Waals surface area contributed by atoms with E-state index in [0.717, 1.165) is 18.2 Å². The highest BCUT2D eigenvalue weighted by Crippen LogP contribution is 2.30. The van der Waals surface area contributed by atoms with Crippen LogP contribution in [0.5, 0.6) is 0 Å². The molecular formula is C18H19F3N4O4S. The summed E-state index contributed by atoms with van der Waals surface area (Å²) >= 11 is 0. The molecule has 1 aromatic carbocycles. The Hall–Kier alpha value is -2.70. The van der Waals surface area contributed by atoms with Crippen molar-refractivity contribution in [2.45, 2.75) is 11.1 Å². The van der Waals surface area contributed by atoms with Crippen molar-refractivity contribution in [2.24, 2.45) is 0 Å². The molecule has 2 heterocycles. The van der Waals surface area contributed by atoms with Gasteiger partial charge in [0.25, 0.3) is 0 Å². The summed E-state index contributed by atoms with van der Waals surface area (Å²) in [5.74, 6) is -0.164. The first-order chi connectivity index (χ1) is 14.2. The van der Waals surface area contributed by atoms with Crippen LogP contribution in [0.15, 0.2) is 47.5 Å². The van der Waals surface area contributed by atoms with Crippen LogP contribution in [0.25, 0.3) is 0 Å². The molecule has 30 heavy (non-hydrogen) atoms. The van der Waals surface area contributed by atoms with Gasteiger partial charge in [0, 0.05) is 19.3 Å². The summed E-state index contributed by atoms with van der Waals surface area (Å²) in [5.41, 5.74) is -0.706. The summed E-state index contributed by atoms with van der Waals surface area (Å²) < 4.78 is 70.3. The quantitative estimate of drug-likeness (QED) is 0.706. The average Bonchev–Trinajstić information content (AvgIpc) is 2.73. The molecule has 0 radical (unpaired) electrons. The Labute approximate surface area is 171 Å². The molecule has 1 fully saturated rings. The predicted octanol–water partition coefficient (Wildman–Crippen LogP) is 1.85. The van der Waals surface area contributed by atoms with Crippen LogP contribution in [-0.4, -0.2) is 52.2 Å². The minimum absolute atomic E-state index is 0.391. The van der Waals surface area contributed by atoms with Gasteiger partial charge in [-0.05, 0) is 30.3 Å². The summed E-state index contributed by atoms with van der Waals surface area (Å²) in [6.45, 7) is 1.54. The number of amides is 1. The number of aromatic nitrogens is 1. The van der Waals surface area contributed by atoms with Crippen LogP contribution in [0.4, 0.5) is 24.7 Å². The Bertz CT molecular complexity index is 1010. The number of hydrogen-bond donors (Lipinski definition) is 2. The summed E-state index contributed by atoms with van der Waals surface area (Å²) in [5, 5.41) is 2.58. The lowest BCUT2D eigenvalue weighted by atomic mass is 10.2. The molecule has 162 valence electrons. The zero-order valence-corrected chi connectivity index (χ0v) is 16.5. The number of morpholine rings is 1. The van der Waals surface area contributed by atoms with Crippen LogP contribution in [0.3, 0.4) is 0 Å². The van der Waals surface area contributed by atoms with Gasteiger partial charge in [-0.2, -0.15) is 13.2 Å². The molecule has 0 aliphatic carbocycles. The topological polar surface area (TPSA) is 101 Å². The zero-order chi connectivity index (χ0) is 21.8. The van der Waals surface area contributed by atoms with Crippen LogP contribution in [0.2, 0.25) is 0 Å². The lowest BCUT2D eigenvalue weighted by Gasteiger charge is -2.29. The fraction of sp³-hybridized carbons (Fsp3) is 0.333. The Morgan fingerprint density at radius 3 is 2.60 bits per heavy atom. The predicted molar refractivity (Wildman–Crippen MR) is 103 cm³/mol. The van der Waals surface area contributed by atoms with E-state index in [2.05, 4.69) is 10.3 Å². The highest BCUT2D eigenvalue weighted by Gasteiger charge is 2.31. The number of pyridine rings is 1. The summed E-state index contributed by atoms with van der Waals surface area (Å²) in [7, 11) is -4.31. The lowest BCUT2D eigenvalue weighted by molar-refractivity contribution is -0.137. The van der Waals surface area contributed by atoms with Gasteiger partial charge in [-0.1, -0.05) is 6.07 Å². The van der Waals surface area contributed by atoms with E-state index in [0.29, 0.717) is 43.9 Å². The lowest BCUT2D eigenvalue weighted by Crippen LogP contribution is -2.38. The number of alkyl halides is 3. The van der Waals surface area contributed by atoms with Crippen molar-refractivity contribution in [1.82, 2.24) is 9.71 Å². The molecule has 2 aromatic rings. The molecule has 1 aromatic heterocycles. The van der Waals surface area contributed by atoms with Crippen molar-refractivity contribution in [3.05, 3.63) is 48.2 Å². The monoisotopic (exact) mass is 444 g/mol. The first-order valence-corrected chi connectivity index (χ1v) is 10.4. The standard InChI is InChI=1S/C18H19F3N4O4S/c19-18(20,21)13-3-1-4-14(11-13)30(27,28)23-12-16(26)24-15-5-2-6-22-17(15)25-7-9-29-10-8-25/h1-6,11,23H,7-10,12H2,(H,24,26). The summed E-state index contributed by atoms with van der Waals surface area (Å²) in [6.07, 6.45) is -3.12. The largest absolute Gasteiger partial charge is 0.416 e. The molecular weight excluding hydrogens is 425 g/mol. The number of halogens is 3. The molecule has 8 nitrogen and oxygen atoms in total. The van der Waals surface area contributed by atoms with Gasteiger partial charge in [-0.25, -0.2) is 18.1 Å². The van der Waals surface area contributed by atoms with Crippen molar-refractivity contribution in [3.8, 4) is 0 Å². The molecule has 0 spiro atoms. The second kappa shape index (κ2) is 8.98. The second-order valence-electron chi connectivity index (χ2n) is 6.37. The molecule has 0 atom stereocenters. The van der Waals surface area contributed by atoms with Gasteiger partial charge in [-0.15, -0.1) is 0 Å². The van der Waals surface area contributed by atoms with Crippen molar-refractivity contribution >= 4 is 27.4 Å². The Kier molecular flexibility index (Phi) is 6.58. The normalized spacial score (nSPS) is 15.1. The van der Waals surface area contributed by atoms with Crippen LogP contribution in [0, 0.1) is 0 Å². The maximum Gasteiger partial charge on any atom is 0.416 e. The van der Waals surface area contributed by atoms with Crippen molar-refractivity contribution in [1.29, 1.82) is 0 Å². The highest BCUT2D eigenvalue weighted by molar-refractivity contribution is 7.89. The van der Waals surface area contributed by atoms with Crippen LogP contribution < -0.4 is 14.9 Å². The number of anilines is 2. The molecule has 0 unspecified atom stereocenters. The number of ether oxygens (including phenoxy) is 1. The minimum Gasteiger partial charge on any atom is -0.378 e. The van der Waals surface area contributed by atoms with Crippen molar-refractivity contribution in [2.75, 3.05) is 43.1 Å². The SMILES string of the molecule is O=C(CNS(=O)(=O)c1cccc(C(F)(F)F)c1)Nc1cccnc1N1CCOCC1. The molecule has 1 saturated heterocycles. The highest BCUT2D eigenvalue weighted by atomic mass is 32.2. The van der Waals surface area contributed by atoms with Crippen LogP contribution >= 0.6 is 0 Å². The molecule has 1 amide bonds. The second-order valence-corrected chi connectivity index (χ2v) is 8.14. The third kappa shape index (κ3) is 5.46. The van der Waals surface area contributed by atoms with Gasteiger partial charge in [0.15, 0.2) is 5.82 Å². The average molecular weight is 444 g/mol. The number of nitrogens with one attached hydrogen (secondary N) is 2. The van der Waals surface area contributed by atoms with E-state index < -0.39 is 39.1 Å². The van der Waals surface area contributed by atoms with E-state index in [9.17, 15) is 26.4 Å². The Balaban J connectivity index is 1.66. The van der Waals surface area contributed by atoms with Gasteiger partial charge in [0.05, 0.1) is 35.9 Å². The van der Waals surface area contributed by atoms with Gasteiger partial charge in [0.2, 0.25) is 15.9 Å². The van der Waals surface area contributed by atoms with Gasteiger partial charge in [-0.3, -0.25) is 4.79 Å². The number of hydrogen-bond acceptors (Lipinski definition) is 6. The first-order valence-electron chi connectivity index (χ1n) is 8.91. The minimum atomic E-state index is -4.68. The van der Waals surface area contributed by atoms with E-state index in [1.54, 1.807) is 18.3 Å². The van der Waals surface area contributed by atoms with Crippen LogP contribution in [0.1, 0.15) is 5.56 Å². The molecule has 12 heteroatoms. The van der Waals surface area contributed by atoms with Gasteiger partial charge >= 0.3 is 6.18 Å². The zero-order valence-electron chi connectivity index (χ0n) is 15.6. The number of sulfonamides is 1. The summed E-state index contributed by atoms with van der Waals surface area (Å²) in [6, 6.07) is 6.53. The van der Waals surface area contributed by atoms with E-state index in [4.69, 9.17) is 4.74 Å². The molecule has 0 bridgehead atoms. The smallest absolute Gasteiger partial charge is 0.378 e. The van der Waals surface area contributed by atoms with Crippen LogP contribution in [-0.2, 0) is 25.7 Å². The fourth-order valence-electron chi connectivity index (χ4n) is 2.80. The summed E-state index contributed by atoms with van der Waals surface area (Å²) in [4.78, 5) is 17.9. The number of carbonyl (C=O) groups is 1. The molecule has 3 rings (SSSR count). The maximum atomic E-state index is 12.8.